The van der Waals surface area contributed by atoms with Gasteiger partial charge in [0.25, 0.3) is 0 Å². The second kappa shape index (κ2) is 6.93. The molecule has 2 aromatic carbocycles. The highest BCUT2D eigenvalue weighted by Crippen LogP contribution is 2.47. The van der Waals surface area contributed by atoms with Crippen molar-refractivity contribution in [3.8, 4) is 5.69 Å². The normalized spacial score (nSPS) is 15.3. The molecule has 0 saturated heterocycles. The van der Waals surface area contributed by atoms with E-state index in [0.717, 1.165) is 33.7 Å². The van der Waals surface area contributed by atoms with Gasteiger partial charge in [0.15, 0.2) is 5.82 Å². The molecule has 25 heavy (non-hydrogen) atoms. The third-order valence-electron chi connectivity index (χ3n) is 3.78. The van der Waals surface area contributed by atoms with E-state index in [9.17, 15) is 4.79 Å². The molecule has 4 rings (SSSR count). The van der Waals surface area contributed by atoms with E-state index in [2.05, 4.69) is 28.4 Å². The van der Waals surface area contributed by atoms with Gasteiger partial charge in [-0.25, -0.2) is 4.79 Å². The Hall–Kier alpha value is -2.25. The van der Waals surface area contributed by atoms with E-state index in [0.29, 0.717) is 11.8 Å². The van der Waals surface area contributed by atoms with Crippen LogP contribution in [0.4, 0.5) is 4.79 Å². The average molecular weight is 369 g/mol. The number of para-hydroxylation sites is 1. The number of benzene rings is 2. The SMILES string of the molecule is CCOC(=O)Sc1nnc2n1-c1ccccc1SC2c1ccccc1. The van der Waals surface area contributed by atoms with Crippen molar-refractivity contribution in [1.82, 2.24) is 14.8 Å². The van der Waals surface area contributed by atoms with E-state index < -0.39 is 0 Å². The molecule has 1 unspecified atom stereocenters. The molecule has 1 aromatic heterocycles. The number of thioether (sulfide) groups is 2. The van der Waals surface area contributed by atoms with Gasteiger partial charge in [-0.05, 0) is 24.6 Å². The maximum Gasteiger partial charge on any atom is 0.375 e. The molecule has 1 aliphatic rings. The summed E-state index contributed by atoms with van der Waals surface area (Å²) in [6.45, 7) is 2.13. The lowest BCUT2D eigenvalue weighted by molar-refractivity contribution is 0.181. The molecule has 2 heterocycles. The molecule has 0 amide bonds. The Morgan fingerprint density at radius 2 is 1.92 bits per heavy atom. The summed E-state index contributed by atoms with van der Waals surface area (Å²) in [5.41, 5.74) is 2.15. The lowest BCUT2D eigenvalue weighted by Gasteiger charge is -2.25. The smallest absolute Gasteiger partial charge is 0.375 e. The minimum atomic E-state index is -0.371. The van der Waals surface area contributed by atoms with Crippen molar-refractivity contribution in [3.63, 3.8) is 0 Å². The molecule has 0 bridgehead atoms. The zero-order valence-corrected chi connectivity index (χ0v) is 15.1. The molecular formula is C18H15N3O2S2. The zero-order valence-electron chi connectivity index (χ0n) is 13.5. The van der Waals surface area contributed by atoms with Crippen molar-refractivity contribution >= 4 is 28.8 Å². The van der Waals surface area contributed by atoms with Crippen LogP contribution in [-0.4, -0.2) is 26.7 Å². The van der Waals surface area contributed by atoms with Crippen LogP contribution >= 0.6 is 23.5 Å². The molecule has 3 aromatic rings. The van der Waals surface area contributed by atoms with Crippen molar-refractivity contribution in [2.75, 3.05) is 6.61 Å². The summed E-state index contributed by atoms with van der Waals surface area (Å²) < 4.78 is 7.01. The largest absolute Gasteiger partial charge is 0.458 e. The van der Waals surface area contributed by atoms with Crippen LogP contribution in [0.2, 0.25) is 0 Å². The minimum Gasteiger partial charge on any atom is -0.458 e. The van der Waals surface area contributed by atoms with Gasteiger partial charge in [0.2, 0.25) is 5.16 Å². The molecule has 126 valence electrons. The second-order valence-electron chi connectivity index (χ2n) is 5.34. The van der Waals surface area contributed by atoms with E-state index in [1.165, 1.54) is 0 Å². The highest BCUT2D eigenvalue weighted by Gasteiger charge is 2.31. The van der Waals surface area contributed by atoms with Gasteiger partial charge in [0, 0.05) is 16.7 Å². The summed E-state index contributed by atoms with van der Waals surface area (Å²) >= 11 is 2.72. The molecule has 7 heteroatoms. The Kier molecular flexibility index (Phi) is 4.50. The number of carbonyl (C=O) groups is 1. The fourth-order valence-electron chi connectivity index (χ4n) is 2.73. The number of hydrogen-bond donors (Lipinski definition) is 0. The third-order valence-corrected chi connectivity index (χ3v) is 5.83. The highest BCUT2D eigenvalue weighted by molar-refractivity contribution is 8.13. The fraction of sp³-hybridized carbons (Fsp3) is 0.167. The average Bonchev–Trinajstić information content (AvgIpc) is 3.06. The highest BCUT2D eigenvalue weighted by atomic mass is 32.2. The zero-order chi connectivity index (χ0) is 17.2. The number of ether oxygens (including phenoxy) is 1. The molecule has 1 atom stereocenters. The summed E-state index contributed by atoms with van der Waals surface area (Å²) in [6.07, 6.45) is 0. The Bertz CT molecular complexity index is 912. The summed E-state index contributed by atoms with van der Waals surface area (Å²) in [5.74, 6) is 0.821. The van der Waals surface area contributed by atoms with Crippen LogP contribution in [0.3, 0.4) is 0 Å². The van der Waals surface area contributed by atoms with Gasteiger partial charge in [-0.2, -0.15) is 0 Å². The number of aromatic nitrogens is 3. The predicted molar refractivity (Wildman–Crippen MR) is 98.4 cm³/mol. The Morgan fingerprint density at radius 1 is 1.16 bits per heavy atom. The number of carbonyl (C=O) groups excluding carboxylic acids is 1. The van der Waals surface area contributed by atoms with Crippen molar-refractivity contribution < 1.29 is 9.53 Å². The molecule has 0 spiro atoms. The van der Waals surface area contributed by atoms with E-state index in [-0.39, 0.29) is 10.6 Å². The van der Waals surface area contributed by atoms with E-state index in [1.807, 2.05) is 41.0 Å². The lowest BCUT2D eigenvalue weighted by Crippen LogP contribution is -2.13. The quantitative estimate of drug-likeness (QED) is 0.492. The summed E-state index contributed by atoms with van der Waals surface area (Å²) in [7, 11) is 0. The Balaban J connectivity index is 1.82. The van der Waals surface area contributed by atoms with Gasteiger partial charge in [-0.3, -0.25) is 4.57 Å². The van der Waals surface area contributed by atoms with Crippen LogP contribution in [-0.2, 0) is 4.74 Å². The standard InChI is InChI=1S/C18H15N3O2S2/c1-2-23-18(22)25-17-20-19-16-15(12-8-4-3-5-9-12)24-14-11-7-6-10-13(14)21(16)17/h3-11,15H,2H2,1H3. The van der Waals surface area contributed by atoms with Crippen LogP contribution in [0.25, 0.3) is 5.69 Å². The van der Waals surface area contributed by atoms with E-state index >= 15 is 0 Å². The molecular weight excluding hydrogens is 354 g/mol. The van der Waals surface area contributed by atoms with Crippen molar-refractivity contribution in [1.29, 1.82) is 0 Å². The van der Waals surface area contributed by atoms with Gasteiger partial charge in [0.1, 0.15) is 0 Å². The molecule has 0 N–H and O–H groups in total. The molecule has 0 aliphatic carbocycles. The first-order chi connectivity index (χ1) is 12.3. The summed E-state index contributed by atoms with van der Waals surface area (Å²) in [4.78, 5) is 13.0. The van der Waals surface area contributed by atoms with Gasteiger partial charge in [0.05, 0.1) is 17.5 Å². The van der Waals surface area contributed by atoms with Crippen molar-refractivity contribution in [2.45, 2.75) is 22.2 Å². The second-order valence-corrected chi connectivity index (χ2v) is 7.39. The Morgan fingerprint density at radius 3 is 2.72 bits per heavy atom. The molecule has 0 radical (unpaired) electrons. The number of fused-ring (bicyclic) bond motifs is 3. The van der Waals surface area contributed by atoms with E-state index in [4.69, 9.17) is 4.74 Å². The topological polar surface area (TPSA) is 57.0 Å². The number of rotatable bonds is 3. The first-order valence-corrected chi connectivity index (χ1v) is 9.58. The predicted octanol–water partition coefficient (Wildman–Crippen LogP) is 4.71. The Labute approximate surface area is 153 Å². The maximum atomic E-state index is 11.9. The van der Waals surface area contributed by atoms with Crippen LogP contribution in [0.5, 0.6) is 0 Å². The molecule has 5 nitrogen and oxygen atoms in total. The van der Waals surface area contributed by atoms with Crippen LogP contribution < -0.4 is 0 Å². The van der Waals surface area contributed by atoms with Crippen molar-refractivity contribution in [2.24, 2.45) is 0 Å². The number of nitrogens with zero attached hydrogens (tertiary/aromatic N) is 3. The van der Waals surface area contributed by atoms with Gasteiger partial charge >= 0.3 is 5.30 Å². The lowest BCUT2D eigenvalue weighted by atomic mass is 10.1. The van der Waals surface area contributed by atoms with Crippen LogP contribution in [0.15, 0.2) is 64.6 Å². The first kappa shape index (κ1) is 16.2. The van der Waals surface area contributed by atoms with Gasteiger partial charge < -0.3 is 4.74 Å². The molecule has 0 fully saturated rings. The van der Waals surface area contributed by atoms with Crippen LogP contribution in [0, 0.1) is 0 Å². The van der Waals surface area contributed by atoms with Gasteiger partial charge in [-0.1, -0.05) is 42.5 Å². The molecule has 1 aliphatic heterocycles. The van der Waals surface area contributed by atoms with Crippen LogP contribution in [0.1, 0.15) is 23.6 Å². The van der Waals surface area contributed by atoms with Crippen molar-refractivity contribution in [3.05, 3.63) is 66.0 Å². The minimum absolute atomic E-state index is 0.0279. The monoisotopic (exact) mass is 369 g/mol. The fourth-order valence-corrected chi connectivity index (χ4v) is 4.66. The first-order valence-electron chi connectivity index (χ1n) is 7.89. The molecule has 0 saturated carbocycles. The van der Waals surface area contributed by atoms with E-state index in [1.54, 1.807) is 18.7 Å². The maximum absolute atomic E-state index is 11.9. The number of hydrogen-bond acceptors (Lipinski definition) is 6. The summed E-state index contributed by atoms with van der Waals surface area (Å²) in [5, 5.41) is 8.83. The third kappa shape index (κ3) is 3.05. The summed E-state index contributed by atoms with van der Waals surface area (Å²) in [6, 6.07) is 18.3. The van der Waals surface area contributed by atoms with Gasteiger partial charge in [-0.15, -0.1) is 22.0 Å².